The third-order valence-corrected chi connectivity index (χ3v) is 4.42. The van der Waals surface area contributed by atoms with Gasteiger partial charge in [0, 0.05) is 18.2 Å². The standard InChI is InChI=1S/C21H18F4N4O2/c1-26-12-21(24,25)14-6-4-5-13(19(14)23)11-27-20(31)16-9-10-18(30)29(28-16)17-8-3-2-7-15(17)22/h2-10,26H,11-12H2,1H3,(H,27,31). The Morgan fingerprint density at radius 3 is 2.52 bits per heavy atom. The van der Waals surface area contributed by atoms with E-state index in [2.05, 4.69) is 15.7 Å². The first-order valence-electron chi connectivity index (χ1n) is 9.18. The minimum Gasteiger partial charge on any atom is -0.346 e. The second-order valence-electron chi connectivity index (χ2n) is 6.62. The summed E-state index contributed by atoms with van der Waals surface area (Å²) in [5.41, 5.74) is -1.98. The Bertz CT molecular complexity index is 1160. The van der Waals surface area contributed by atoms with Crippen LogP contribution in [0.2, 0.25) is 0 Å². The highest BCUT2D eigenvalue weighted by Gasteiger charge is 2.34. The van der Waals surface area contributed by atoms with Crippen molar-refractivity contribution in [1.82, 2.24) is 20.4 Å². The van der Waals surface area contributed by atoms with Crippen LogP contribution in [-0.4, -0.2) is 29.3 Å². The molecule has 0 spiro atoms. The highest BCUT2D eigenvalue weighted by molar-refractivity contribution is 5.92. The lowest BCUT2D eigenvalue weighted by molar-refractivity contribution is -0.00486. The van der Waals surface area contributed by atoms with Crippen molar-refractivity contribution in [2.24, 2.45) is 0 Å². The summed E-state index contributed by atoms with van der Waals surface area (Å²) in [6.07, 6.45) is 0. The monoisotopic (exact) mass is 434 g/mol. The smallest absolute Gasteiger partial charge is 0.288 e. The number of nitrogens with zero attached hydrogens (tertiary/aromatic N) is 2. The summed E-state index contributed by atoms with van der Waals surface area (Å²) in [6.45, 7) is -1.14. The number of carbonyl (C=O) groups excluding carboxylic acids is 1. The fraction of sp³-hybridized carbons (Fsp3) is 0.190. The maximum atomic E-state index is 14.6. The number of alkyl halides is 2. The summed E-state index contributed by atoms with van der Waals surface area (Å²) in [5.74, 6) is -6.07. The number of amides is 1. The molecule has 162 valence electrons. The lowest BCUT2D eigenvalue weighted by atomic mass is 10.0. The van der Waals surface area contributed by atoms with Crippen LogP contribution in [0.5, 0.6) is 0 Å². The van der Waals surface area contributed by atoms with Gasteiger partial charge in [0.15, 0.2) is 0 Å². The second kappa shape index (κ2) is 9.09. The maximum Gasteiger partial charge on any atom is 0.288 e. The molecule has 1 heterocycles. The zero-order valence-corrected chi connectivity index (χ0v) is 16.3. The van der Waals surface area contributed by atoms with Crippen LogP contribution in [0.15, 0.2) is 59.4 Å². The molecule has 1 aromatic heterocycles. The molecule has 0 unspecified atom stereocenters. The molecule has 31 heavy (non-hydrogen) atoms. The molecule has 0 radical (unpaired) electrons. The molecule has 10 heteroatoms. The number of carbonyl (C=O) groups is 1. The summed E-state index contributed by atoms with van der Waals surface area (Å²) in [4.78, 5) is 24.5. The average molecular weight is 434 g/mol. The normalized spacial score (nSPS) is 11.4. The van der Waals surface area contributed by atoms with E-state index >= 15 is 0 Å². The van der Waals surface area contributed by atoms with Crippen LogP contribution in [0, 0.1) is 11.6 Å². The van der Waals surface area contributed by atoms with E-state index < -0.39 is 47.7 Å². The molecule has 0 aliphatic heterocycles. The van der Waals surface area contributed by atoms with Gasteiger partial charge in [0.25, 0.3) is 17.4 Å². The number of halogens is 4. The third-order valence-electron chi connectivity index (χ3n) is 4.42. The first-order chi connectivity index (χ1) is 14.7. The number of aromatic nitrogens is 2. The molecule has 3 rings (SSSR count). The number of likely N-dealkylation sites (N-methyl/N-ethyl adjacent to an activating group) is 1. The molecule has 1 amide bonds. The molecule has 0 aliphatic rings. The van der Waals surface area contributed by atoms with Crippen LogP contribution in [0.1, 0.15) is 21.6 Å². The summed E-state index contributed by atoms with van der Waals surface area (Å²) >= 11 is 0. The Morgan fingerprint density at radius 1 is 1.06 bits per heavy atom. The molecule has 0 fully saturated rings. The van der Waals surface area contributed by atoms with Gasteiger partial charge in [-0.2, -0.15) is 18.6 Å². The lowest BCUT2D eigenvalue weighted by Crippen LogP contribution is -2.31. The van der Waals surface area contributed by atoms with Crippen LogP contribution in [0.4, 0.5) is 17.6 Å². The number of hydrogen-bond acceptors (Lipinski definition) is 4. The quantitative estimate of drug-likeness (QED) is 0.561. The van der Waals surface area contributed by atoms with Crippen LogP contribution in [0.3, 0.4) is 0 Å². The second-order valence-corrected chi connectivity index (χ2v) is 6.62. The van der Waals surface area contributed by atoms with Gasteiger partial charge in [0.05, 0.1) is 12.1 Å². The average Bonchev–Trinajstić information content (AvgIpc) is 2.73. The van der Waals surface area contributed by atoms with E-state index in [1.165, 1.54) is 37.4 Å². The van der Waals surface area contributed by atoms with Gasteiger partial charge in [-0.15, -0.1) is 0 Å². The largest absolute Gasteiger partial charge is 0.346 e. The molecule has 0 atom stereocenters. The van der Waals surface area contributed by atoms with Crippen molar-refractivity contribution in [2.45, 2.75) is 12.5 Å². The predicted octanol–water partition coefficient (Wildman–Crippen LogP) is 2.75. The summed E-state index contributed by atoms with van der Waals surface area (Å²) in [6, 6.07) is 11.1. The van der Waals surface area contributed by atoms with Crippen LogP contribution in [-0.2, 0) is 12.5 Å². The first kappa shape index (κ1) is 22.2. The number of hydrogen-bond donors (Lipinski definition) is 2. The molecule has 0 aliphatic carbocycles. The zero-order chi connectivity index (χ0) is 22.6. The van der Waals surface area contributed by atoms with Crippen molar-refractivity contribution < 1.29 is 22.4 Å². The lowest BCUT2D eigenvalue weighted by Gasteiger charge is -2.18. The van der Waals surface area contributed by atoms with E-state index in [0.29, 0.717) is 0 Å². The molecular weight excluding hydrogens is 416 g/mol. The highest BCUT2D eigenvalue weighted by Crippen LogP contribution is 2.30. The molecule has 3 aromatic rings. The highest BCUT2D eigenvalue weighted by atomic mass is 19.3. The fourth-order valence-corrected chi connectivity index (χ4v) is 2.91. The van der Waals surface area contributed by atoms with Crippen molar-refractivity contribution in [3.05, 3.63) is 93.4 Å². The minimum atomic E-state index is -3.43. The number of para-hydroxylation sites is 1. The van der Waals surface area contributed by atoms with Gasteiger partial charge in [0.1, 0.15) is 23.0 Å². The Kier molecular flexibility index (Phi) is 6.50. The maximum absolute atomic E-state index is 14.6. The van der Waals surface area contributed by atoms with E-state index in [1.807, 2.05) is 0 Å². The number of rotatable bonds is 7. The zero-order valence-electron chi connectivity index (χ0n) is 16.3. The Labute approximate surface area is 174 Å². The van der Waals surface area contributed by atoms with Crippen LogP contribution >= 0.6 is 0 Å². The molecule has 0 saturated heterocycles. The van der Waals surface area contributed by atoms with Gasteiger partial charge in [-0.25, -0.2) is 8.78 Å². The SMILES string of the molecule is CNCC(F)(F)c1cccc(CNC(=O)c2ccc(=O)n(-c3ccccc3F)n2)c1F. The fourth-order valence-electron chi connectivity index (χ4n) is 2.91. The third kappa shape index (κ3) is 4.80. The van der Waals surface area contributed by atoms with Gasteiger partial charge in [0.2, 0.25) is 0 Å². The molecular formula is C21H18F4N4O2. The van der Waals surface area contributed by atoms with E-state index in [4.69, 9.17) is 0 Å². The molecule has 0 bridgehead atoms. The number of nitrogens with one attached hydrogen (secondary N) is 2. The summed E-state index contributed by atoms with van der Waals surface area (Å²) in [7, 11) is 1.32. The Morgan fingerprint density at radius 2 is 1.81 bits per heavy atom. The van der Waals surface area contributed by atoms with E-state index in [-0.39, 0.29) is 16.9 Å². The van der Waals surface area contributed by atoms with Crippen LogP contribution in [0.25, 0.3) is 5.69 Å². The molecule has 2 aromatic carbocycles. The van der Waals surface area contributed by atoms with Gasteiger partial charge in [-0.3, -0.25) is 9.59 Å². The summed E-state index contributed by atoms with van der Waals surface area (Å²) < 4.78 is 57.4. The predicted molar refractivity (Wildman–Crippen MR) is 105 cm³/mol. The van der Waals surface area contributed by atoms with Gasteiger partial charge in [-0.1, -0.05) is 30.3 Å². The molecule has 2 N–H and O–H groups in total. The Hall–Kier alpha value is -3.53. The minimum absolute atomic E-state index is 0.146. The van der Waals surface area contributed by atoms with Crippen molar-refractivity contribution in [2.75, 3.05) is 13.6 Å². The van der Waals surface area contributed by atoms with Crippen molar-refractivity contribution in [1.29, 1.82) is 0 Å². The van der Waals surface area contributed by atoms with E-state index in [0.717, 1.165) is 28.9 Å². The number of benzene rings is 2. The van der Waals surface area contributed by atoms with Crippen molar-refractivity contribution in [3.63, 3.8) is 0 Å². The van der Waals surface area contributed by atoms with Gasteiger partial charge in [-0.05, 0) is 25.2 Å². The summed E-state index contributed by atoms with van der Waals surface area (Å²) in [5, 5.41) is 8.52. The first-order valence-corrected chi connectivity index (χ1v) is 9.18. The topological polar surface area (TPSA) is 76.0 Å². The Balaban J connectivity index is 1.82. The van der Waals surface area contributed by atoms with Crippen LogP contribution < -0.4 is 16.2 Å². The molecule has 0 saturated carbocycles. The molecule has 6 nitrogen and oxygen atoms in total. The van der Waals surface area contributed by atoms with Gasteiger partial charge < -0.3 is 10.6 Å². The van der Waals surface area contributed by atoms with E-state index in [1.54, 1.807) is 0 Å². The van der Waals surface area contributed by atoms with Gasteiger partial charge >= 0.3 is 0 Å². The van der Waals surface area contributed by atoms with Crippen molar-refractivity contribution in [3.8, 4) is 5.69 Å². The van der Waals surface area contributed by atoms with E-state index in [9.17, 15) is 27.2 Å². The van der Waals surface area contributed by atoms with Crippen molar-refractivity contribution >= 4 is 5.91 Å².